The molecular weight excluding hydrogens is 274 g/mol. The summed E-state index contributed by atoms with van der Waals surface area (Å²) < 4.78 is 0. The molecule has 2 N–H and O–H groups in total. The Bertz CT molecular complexity index is 629. The van der Waals surface area contributed by atoms with Crippen molar-refractivity contribution in [3.05, 3.63) is 46.6 Å². The number of anilines is 1. The molecule has 0 aliphatic heterocycles. The van der Waals surface area contributed by atoms with E-state index >= 15 is 0 Å². The quantitative estimate of drug-likeness (QED) is 0.907. The van der Waals surface area contributed by atoms with Crippen molar-refractivity contribution in [2.24, 2.45) is 0 Å². The van der Waals surface area contributed by atoms with Crippen LogP contribution in [0.25, 0.3) is 0 Å². The number of rotatable bonds is 4. The number of H-pyrrole nitrogens is 1. The summed E-state index contributed by atoms with van der Waals surface area (Å²) in [6, 6.07) is 7.53. The van der Waals surface area contributed by atoms with Crippen molar-refractivity contribution in [3.8, 4) is 0 Å². The molecule has 1 aliphatic carbocycles. The first-order valence-corrected chi connectivity index (χ1v) is 7.13. The first kappa shape index (κ1) is 13.2. The van der Waals surface area contributed by atoms with Crippen molar-refractivity contribution < 1.29 is 4.79 Å². The Morgan fingerprint density at radius 2 is 2.10 bits per heavy atom. The van der Waals surface area contributed by atoms with Gasteiger partial charge in [0.05, 0.1) is 11.6 Å². The Labute approximate surface area is 122 Å². The van der Waals surface area contributed by atoms with Crippen LogP contribution in [0, 0.1) is 0 Å². The average Bonchev–Trinajstić information content (AvgIpc) is 3.15. The minimum atomic E-state index is -0.402. The first-order valence-electron chi connectivity index (χ1n) is 6.75. The molecule has 1 fully saturated rings. The maximum atomic E-state index is 12.6. The number of nitrogens with zero attached hydrogens (tertiary/aromatic N) is 1. The number of aromatic amines is 1. The van der Waals surface area contributed by atoms with E-state index in [-0.39, 0.29) is 5.91 Å². The summed E-state index contributed by atoms with van der Waals surface area (Å²) in [5.74, 6) is 0.733. The molecule has 0 atom stereocenters. The lowest BCUT2D eigenvalue weighted by Crippen LogP contribution is -2.28. The number of hydrogen-bond acceptors (Lipinski definition) is 2. The fraction of sp³-hybridized carbons (Fsp3) is 0.333. The molecule has 1 aliphatic rings. The molecule has 5 heteroatoms. The zero-order chi connectivity index (χ0) is 14.2. The Balaban J connectivity index is 1.82. The van der Waals surface area contributed by atoms with E-state index < -0.39 is 5.41 Å². The van der Waals surface area contributed by atoms with E-state index in [1.165, 1.54) is 0 Å². The van der Waals surface area contributed by atoms with Crippen molar-refractivity contribution in [2.45, 2.75) is 31.6 Å². The lowest BCUT2D eigenvalue weighted by atomic mass is 9.95. The monoisotopic (exact) mass is 289 g/mol. The smallest absolute Gasteiger partial charge is 0.236 e. The number of halogens is 1. The van der Waals surface area contributed by atoms with Gasteiger partial charge in [-0.3, -0.25) is 9.89 Å². The number of amides is 1. The highest BCUT2D eigenvalue weighted by Crippen LogP contribution is 2.49. The zero-order valence-corrected chi connectivity index (χ0v) is 12.0. The number of carbonyl (C=O) groups excluding carboxylic acids is 1. The van der Waals surface area contributed by atoms with E-state index in [0.29, 0.717) is 10.8 Å². The summed E-state index contributed by atoms with van der Waals surface area (Å²) >= 11 is 5.90. The van der Waals surface area contributed by atoms with Crippen LogP contribution in [0.4, 0.5) is 5.82 Å². The van der Waals surface area contributed by atoms with Gasteiger partial charge in [0, 0.05) is 10.6 Å². The highest BCUT2D eigenvalue weighted by atomic mass is 35.5. The fourth-order valence-corrected chi connectivity index (χ4v) is 2.59. The SMILES string of the molecule is CCc1cn[nH]c1NC(=O)C1(c2ccc(Cl)cc2)CC1. The predicted octanol–water partition coefficient (Wildman–Crippen LogP) is 3.30. The van der Waals surface area contributed by atoms with Gasteiger partial charge >= 0.3 is 0 Å². The van der Waals surface area contributed by atoms with E-state index in [1.807, 2.05) is 31.2 Å². The van der Waals surface area contributed by atoms with Crippen LogP contribution in [0.3, 0.4) is 0 Å². The normalized spacial score (nSPS) is 15.9. The van der Waals surface area contributed by atoms with Crippen LogP contribution in [0.15, 0.2) is 30.5 Å². The van der Waals surface area contributed by atoms with E-state index in [9.17, 15) is 4.79 Å². The maximum absolute atomic E-state index is 12.6. The largest absolute Gasteiger partial charge is 0.310 e. The van der Waals surface area contributed by atoms with Crippen LogP contribution in [0.5, 0.6) is 0 Å². The Morgan fingerprint density at radius 1 is 1.40 bits per heavy atom. The number of hydrogen-bond donors (Lipinski definition) is 2. The third-order valence-electron chi connectivity index (χ3n) is 3.92. The molecule has 0 radical (unpaired) electrons. The first-order chi connectivity index (χ1) is 9.65. The molecule has 2 aromatic rings. The van der Waals surface area contributed by atoms with Crippen LogP contribution in [-0.4, -0.2) is 16.1 Å². The molecule has 0 saturated heterocycles. The molecule has 20 heavy (non-hydrogen) atoms. The molecule has 4 nitrogen and oxygen atoms in total. The zero-order valence-electron chi connectivity index (χ0n) is 11.2. The van der Waals surface area contributed by atoms with Crippen LogP contribution in [-0.2, 0) is 16.6 Å². The predicted molar refractivity (Wildman–Crippen MR) is 79.0 cm³/mol. The van der Waals surface area contributed by atoms with Gasteiger partial charge in [-0.05, 0) is 37.0 Å². The fourth-order valence-electron chi connectivity index (χ4n) is 2.46. The van der Waals surface area contributed by atoms with Gasteiger partial charge in [-0.2, -0.15) is 5.10 Å². The Kier molecular flexibility index (Phi) is 3.26. The summed E-state index contributed by atoms with van der Waals surface area (Å²) in [6.45, 7) is 2.03. The van der Waals surface area contributed by atoms with Crippen molar-refractivity contribution >= 4 is 23.3 Å². The third-order valence-corrected chi connectivity index (χ3v) is 4.17. The molecule has 0 unspecified atom stereocenters. The van der Waals surface area contributed by atoms with E-state index in [0.717, 1.165) is 30.4 Å². The summed E-state index contributed by atoms with van der Waals surface area (Å²) in [5.41, 5.74) is 1.64. The number of carbonyl (C=O) groups is 1. The molecule has 1 aromatic carbocycles. The number of benzene rings is 1. The molecule has 0 bridgehead atoms. The van der Waals surface area contributed by atoms with Gasteiger partial charge in [0.15, 0.2) is 0 Å². The van der Waals surface area contributed by atoms with Gasteiger partial charge in [-0.1, -0.05) is 30.7 Å². The Hall–Kier alpha value is -1.81. The molecule has 0 spiro atoms. The van der Waals surface area contributed by atoms with Crippen molar-refractivity contribution in [1.29, 1.82) is 0 Å². The average molecular weight is 290 g/mol. The molecule has 104 valence electrons. The number of aromatic nitrogens is 2. The van der Waals surface area contributed by atoms with Crippen molar-refractivity contribution in [2.75, 3.05) is 5.32 Å². The maximum Gasteiger partial charge on any atom is 0.236 e. The highest BCUT2D eigenvalue weighted by Gasteiger charge is 2.51. The second kappa shape index (κ2) is 4.94. The van der Waals surface area contributed by atoms with Gasteiger partial charge in [-0.15, -0.1) is 0 Å². The molecular formula is C15H16ClN3O. The number of aryl methyl sites for hydroxylation is 1. The summed E-state index contributed by atoms with van der Waals surface area (Å²) in [5, 5.41) is 10.5. The van der Waals surface area contributed by atoms with E-state index in [4.69, 9.17) is 11.6 Å². The topological polar surface area (TPSA) is 57.8 Å². The van der Waals surface area contributed by atoms with Gasteiger partial charge in [0.25, 0.3) is 0 Å². The van der Waals surface area contributed by atoms with E-state index in [1.54, 1.807) is 6.20 Å². The van der Waals surface area contributed by atoms with Gasteiger partial charge in [-0.25, -0.2) is 0 Å². The van der Waals surface area contributed by atoms with Crippen LogP contribution < -0.4 is 5.32 Å². The minimum Gasteiger partial charge on any atom is -0.310 e. The van der Waals surface area contributed by atoms with E-state index in [2.05, 4.69) is 15.5 Å². The second-order valence-corrected chi connectivity index (χ2v) is 5.60. The van der Waals surface area contributed by atoms with Crippen LogP contribution >= 0.6 is 11.6 Å². The van der Waals surface area contributed by atoms with Crippen LogP contribution in [0.1, 0.15) is 30.9 Å². The Morgan fingerprint density at radius 3 is 2.70 bits per heavy atom. The standard InChI is InChI=1S/C15H16ClN3O/c1-2-10-9-17-19-13(10)18-14(20)15(7-8-15)11-3-5-12(16)6-4-11/h3-6,9H,2,7-8H2,1H3,(H2,17,18,19,20). The van der Waals surface area contributed by atoms with Crippen molar-refractivity contribution in [1.82, 2.24) is 10.2 Å². The summed E-state index contributed by atoms with van der Waals surface area (Å²) in [7, 11) is 0. The summed E-state index contributed by atoms with van der Waals surface area (Å²) in [6.07, 6.45) is 4.32. The molecule has 3 rings (SSSR count). The second-order valence-electron chi connectivity index (χ2n) is 5.17. The molecule has 1 heterocycles. The van der Waals surface area contributed by atoms with Crippen molar-refractivity contribution in [3.63, 3.8) is 0 Å². The summed E-state index contributed by atoms with van der Waals surface area (Å²) in [4.78, 5) is 12.6. The van der Waals surface area contributed by atoms with Crippen LogP contribution in [0.2, 0.25) is 5.02 Å². The highest BCUT2D eigenvalue weighted by molar-refractivity contribution is 6.30. The lowest BCUT2D eigenvalue weighted by molar-refractivity contribution is -0.118. The van der Waals surface area contributed by atoms with Gasteiger partial charge < -0.3 is 5.32 Å². The third kappa shape index (κ3) is 2.20. The molecule has 1 saturated carbocycles. The number of nitrogens with one attached hydrogen (secondary N) is 2. The molecule has 1 aromatic heterocycles. The molecule has 1 amide bonds. The van der Waals surface area contributed by atoms with Gasteiger partial charge in [0.2, 0.25) is 5.91 Å². The van der Waals surface area contributed by atoms with Gasteiger partial charge in [0.1, 0.15) is 5.82 Å². The minimum absolute atomic E-state index is 0.0266. The lowest BCUT2D eigenvalue weighted by Gasteiger charge is -2.15.